The molecule has 1 aromatic heterocycles. The van der Waals surface area contributed by atoms with Gasteiger partial charge in [-0.05, 0) is 19.1 Å². The smallest absolute Gasteiger partial charge is 0.138 e. The van der Waals surface area contributed by atoms with E-state index in [9.17, 15) is 5.11 Å². The van der Waals surface area contributed by atoms with Crippen molar-refractivity contribution < 1.29 is 9.52 Å². The molecule has 0 fully saturated rings. The summed E-state index contributed by atoms with van der Waals surface area (Å²) in [6.45, 7) is 2.03. The Morgan fingerprint density at radius 1 is 1.00 bits per heavy atom. The fourth-order valence-corrected chi connectivity index (χ4v) is 2.08. The third kappa shape index (κ3) is 1.58. The van der Waals surface area contributed by atoms with Gasteiger partial charge in [-0.25, -0.2) is 0 Å². The Bertz CT molecular complexity index is 666. The van der Waals surface area contributed by atoms with Crippen LogP contribution in [0.25, 0.3) is 22.3 Å². The number of furan rings is 1. The molecule has 0 amide bonds. The third-order valence-electron chi connectivity index (χ3n) is 2.96. The Morgan fingerprint density at radius 3 is 2.53 bits per heavy atom. The predicted molar refractivity (Wildman–Crippen MR) is 68.1 cm³/mol. The number of phenols is 1. The molecule has 3 rings (SSSR count). The molecule has 2 aromatic carbocycles. The molecule has 2 nitrogen and oxygen atoms in total. The van der Waals surface area contributed by atoms with Gasteiger partial charge in [-0.15, -0.1) is 0 Å². The van der Waals surface area contributed by atoms with E-state index in [0.717, 1.165) is 27.9 Å². The van der Waals surface area contributed by atoms with Gasteiger partial charge in [0.25, 0.3) is 0 Å². The highest BCUT2D eigenvalue weighted by atomic mass is 16.3. The van der Waals surface area contributed by atoms with E-state index in [1.54, 1.807) is 12.1 Å². The molecule has 0 saturated heterocycles. The zero-order chi connectivity index (χ0) is 11.8. The molecule has 1 heterocycles. The first kappa shape index (κ1) is 9.97. The number of hydrogen-bond donors (Lipinski definition) is 1. The van der Waals surface area contributed by atoms with E-state index in [0.29, 0.717) is 0 Å². The summed E-state index contributed by atoms with van der Waals surface area (Å²) in [6.07, 6.45) is 0. The summed E-state index contributed by atoms with van der Waals surface area (Å²) < 4.78 is 5.81. The van der Waals surface area contributed by atoms with Gasteiger partial charge in [-0.1, -0.05) is 30.3 Å². The van der Waals surface area contributed by atoms with Gasteiger partial charge in [0.15, 0.2) is 0 Å². The monoisotopic (exact) mass is 224 g/mol. The van der Waals surface area contributed by atoms with Crippen LogP contribution in [0.4, 0.5) is 0 Å². The van der Waals surface area contributed by atoms with Gasteiger partial charge in [0.2, 0.25) is 0 Å². The number of phenolic OH excluding ortho intramolecular Hbond substituents is 1. The first-order valence-electron chi connectivity index (χ1n) is 5.53. The highest BCUT2D eigenvalue weighted by Gasteiger charge is 2.12. The fourth-order valence-electron chi connectivity index (χ4n) is 2.08. The van der Waals surface area contributed by atoms with Crippen LogP contribution >= 0.6 is 0 Å². The number of benzene rings is 2. The minimum atomic E-state index is 0.228. The summed E-state index contributed by atoms with van der Waals surface area (Å²) in [4.78, 5) is 0. The first-order valence-corrected chi connectivity index (χ1v) is 5.53. The molecule has 0 saturated carbocycles. The van der Waals surface area contributed by atoms with Gasteiger partial charge in [-0.3, -0.25) is 0 Å². The van der Waals surface area contributed by atoms with Crippen molar-refractivity contribution >= 4 is 11.0 Å². The predicted octanol–water partition coefficient (Wildman–Crippen LogP) is 4.11. The van der Waals surface area contributed by atoms with Crippen molar-refractivity contribution in [2.24, 2.45) is 0 Å². The average molecular weight is 224 g/mol. The van der Waals surface area contributed by atoms with Crippen LogP contribution in [0.15, 0.2) is 52.9 Å². The molecule has 0 aliphatic carbocycles. The number of hydrogen-bond acceptors (Lipinski definition) is 2. The normalized spacial score (nSPS) is 10.9. The molecule has 0 bridgehead atoms. The molecule has 0 spiro atoms. The zero-order valence-corrected chi connectivity index (χ0v) is 9.47. The maximum absolute atomic E-state index is 9.44. The van der Waals surface area contributed by atoms with Gasteiger partial charge in [0, 0.05) is 22.6 Å². The fraction of sp³-hybridized carbons (Fsp3) is 0.0667. The Labute approximate surface area is 99.1 Å². The van der Waals surface area contributed by atoms with Crippen molar-refractivity contribution in [1.29, 1.82) is 0 Å². The summed E-state index contributed by atoms with van der Waals surface area (Å²) in [5.74, 6) is 1.09. The summed E-state index contributed by atoms with van der Waals surface area (Å²) in [7, 11) is 0. The molecule has 0 unspecified atom stereocenters. The Hall–Kier alpha value is -2.22. The van der Waals surface area contributed by atoms with E-state index in [1.165, 1.54) is 0 Å². The van der Waals surface area contributed by atoms with Gasteiger partial charge in [0.05, 0.1) is 0 Å². The topological polar surface area (TPSA) is 33.4 Å². The second kappa shape index (κ2) is 3.67. The summed E-state index contributed by atoms with van der Waals surface area (Å²) in [5.41, 5.74) is 2.88. The Morgan fingerprint density at radius 2 is 1.76 bits per heavy atom. The van der Waals surface area contributed by atoms with Crippen LogP contribution in [-0.4, -0.2) is 5.11 Å². The highest BCUT2D eigenvalue weighted by molar-refractivity contribution is 5.88. The minimum Gasteiger partial charge on any atom is -0.508 e. The summed E-state index contributed by atoms with van der Waals surface area (Å²) in [6, 6.07) is 15.2. The second-order valence-corrected chi connectivity index (χ2v) is 4.10. The van der Waals surface area contributed by atoms with Crippen LogP contribution in [0.3, 0.4) is 0 Å². The summed E-state index contributed by atoms with van der Waals surface area (Å²) >= 11 is 0. The lowest BCUT2D eigenvalue weighted by atomic mass is 10.1. The van der Waals surface area contributed by atoms with Crippen LogP contribution in [0.5, 0.6) is 5.75 Å². The van der Waals surface area contributed by atoms with Crippen LogP contribution in [0.1, 0.15) is 5.56 Å². The highest BCUT2D eigenvalue weighted by Crippen LogP contribution is 2.34. The van der Waals surface area contributed by atoms with Gasteiger partial charge < -0.3 is 9.52 Å². The molecule has 2 heteroatoms. The van der Waals surface area contributed by atoms with E-state index in [1.807, 2.05) is 43.3 Å². The number of aromatic hydroxyl groups is 1. The van der Waals surface area contributed by atoms with Crippen molar-refractivity contribution in [1.82, 2.24) is 0 Å². The quantitative estimate of drug-likeness (QED) is 0.674. The number of rotatable bonds is 1. The standard InChI is InChI=1S/C15H12O2/c1-10-13-8-7-12(16)9-14(13)17-15(10)11-5-3-2-4-6-11/h2-9,16H,1H3. The second-order valence-electron chi connectivity index (χ2n) is 4.10. The van der Waals surface area contributed by atoms with E-state index in [-0.39, 0.29) is 5.75 Å². The first-order chi connectivity index (χ1) is 8.25. The van der Waals surface area contributed by atoms with Gasteiger partial charge in [-0.2, -0.15) is 0 Å². The number of fused-ring (bicyclic) bond motifs is 1. The molecule has 84 valence electrons. The summed E-state index contributed by atoms with van der Waals surface area (Å²) in [5, 5.41) is 10.5. The minimum absolute atomic E-state index is 0.228. The van der Waals surface area contributed by atoms with Crippen molar-refractivity contribution in [3.05, 3.63) is 54.1 Å². The van der Waals surface area contributed by atoms with Crippen LogP contribution < -0.4 is 0 Å². The third-order valence-corrected chi connectivity index (χ3v) is 2.96. The molecule has 0 atom stereocenters. The molecule has 1 N–H and O–H groups in total. The molecule has 0 aliphatic heterocycles. The lowest BCUT2D eigenvalue weighted by Gasteiger charge is -1.96. The SMILES string of the molecule is Cc1c(-c2ccccc2)oc2cc(O)ccc12. The van der Waals surface area contributed by atoms with E-state index in [4.69, 9.17) is 4.42 Å². The average Bonchev–Trinajstić information content (AvgIpc) is 2.67. The molecular weight excluding hydrogens is 212 g/mol. The molecule has 0 radical (unpaired) electrons. The van der Waals surface area contributed by atoms with Crippen molar-refractivity contribution in [3.8, 4) is 17.1 Å². The van der Waals surface area contributed by atoms with Crippen LogP contribution in [0.2, 0.25) is 0 Å². The van der Waals surface area contributed by atoms with Crippen LogP contribution in [0, 0.1) is 6.92 Å². The molecular formula is C15H12O2. The maximum Gasteiger partial charge on any atom is 0.138 e. The van der Waals surface area contributed by atoms with E-state index in [2.05, 4.69) is 0 Å². The molecule has 17 heavy (non-hydrogen) atoms. The van der Waals surface area contributed by atoms with Crippen molar-refractivity contribution in [3.63, 3.8) is 0 Å². The largest absolute Gasteiger partial charge is 0.508 e. The van der Waals surface area contributed by atoms with Crippen molar-refractivity contribution in [2.45, 2.75) is 6.92 Å². The Kier molecular flexibility index (Phi) is 2.15. The lowest BCUT2D eigenvalue weighted by molar-refractivity contribution is 0.474. The molecule has 0 aliphatic rings. The zero-order valence-electron chi connectivity index (χ0n) is 9.47. The van der Waals surface area contributed by atoms with Crippen molar-refractivity contribution in [2.75, 3.05) is 0 Å². The van der Waals surface area contributed by atoms with Gasteiger partial charge in [0.1, 0.15) is 17.1 Å². The Balaban J connectivity index is 2.28. The van der Waals surface area contributed by atoms with Crippen LogP contribution in [-0.2, 0) is 0 Å². The van der Waals surface area contributed by atoms with E-state index >= 15 is 0 Å². The van der Waals surface area contributed by atoms with Gasteiger partial charge >= 0.3 is 0 Å². The van der Waals surface area contributed by atoms with E-state index < -0.39 is 0 Å². The number of aryl methyl sites for hydroxylation is 1. The lowest BCUT2D eigenvalue weighted by Crippen LogP contribution is -1.75. The molecule has 3 aromatic rings. The maximum atomic E-state index is 9.44.